The van der Waals surface area contributed by atoms with Gasteiger partial charge >= 0.3 is 0 Å². The predicted molar refractivity (Wildman–Crippen MR) is 93.8 cm³/mol. The number of benzene rings is 1. The molecule has 7 heteroatoms. The van der Waals surface area contributed by atoms with Crippen LogP contribution < -0.4 is 5.32 Å². The molecule has 1 aromatic heterocycles. The molecule has 2 heterocycles. The van der Waals surface area contributed by atoms with Crippen LogP contribution in [-0.2, 0) is 16.4 Å². The van der Waals surface area contributed by atoms with Crippen LogP contribution in [0.15, 0.2) is 52.0 Å². The Kier molecular flexibility index (Phi) is 5.55. The molecule has 6 nitrogen and oxygen atoms in total. The van der Waals surface area contributed by atoms with E-state index in [2.05, 4.69) is 5.32 Å². The van der Waals surface area contributed by atoms with Crippen molar-refractivity contribution in [2.24, 2.45) is 0 Å². The number of amides is 1. The predicted octanol–water partition coefficient (Wildman–Crippen LogP) is 2.43. The van der Waals surface area contributed by atoms with Crippen molar-refractivity contribution in [1.29, 1.82) is 0 Å². The molecule has 1 aromatic carbocycles. The number of sulfonamides is 1. The highest BCUT2D eigenvalue weighted by molar-refractivity contribution is 7.89. The Bertz CT molecular complexity index is 792. The first-order valence-corrected chi connectivity index (χ1v) is 9.92. The largest absolute Gasteiger partial charge is 0.469 e. The third-order valence-corrected chi connectivity index (χ3v) is 6.20. The molecular weight excluding hydrogens is 340 g/mol. The number of hydrogen-bond acceptors (Lipinski definition) is 4. The molecule has 134 valence electrons. The number of furan rings is 1. The standard InChI is InChI=1S/C18H22N2O4S/c21-18(19-11-3-5-16-6-4-14-24-16)15-7-9-17(10-8-15)25(22,23)20-12-1-2-13-20/h4,6-10,14H,1-3,5,11-13H2,(H,19,21). The Labute approximate surface area is 147 Å². The summed E-state index contributed by atoms with van der Waals surface area (Å²) in [6.07, 6.45) is 4.97. The zero-order chi connectivity index (χ0) is 17.7. The van der Waals surface area contributed by atoms with Crippen LogP contribution in [0.4, 0.5) is 0 Å². The summed E-state index contributed by atoms with van der Waals surface area (Å²) >= 11 is 0. The smallest absolute Gasteiger partial charge is 0.251 e. The third-order valence-electron chi connectivity index (χ3n) is 4.28. The quantitative estimate of drug-likeness (QED) is 0.767. The summed E-state index contributed by atoms with van der Waals surface area (Å²) in [6, 6.07) is 9.87. The first-order chi connectivity index (χ1) is 12.1. The number of aryl methyl sites for hydroxylation is 1. The van der Waals surface area contributed by atoms with Gasteiger partial charge in [-0.2, -0.15) is 4.31 Å². The van der Waals surface area contributed by atoms with Crippen molar-refractivity contribution in [3.05, 3.63) is 54.0 Å². The van der Waals surface area contributed by atoms with Crippen molar-refractivity contribution < 1.29 is 17.6 Å². The highest BCUT2D eigenvalue weighted by Crippen LogP contribution is 2.21. The van der Waals surface area contributed by atoms with E-state index in [-0.39, 0.29) is 10.8 Å². The van der Waals surface area contributed by atoms with E-state index in [4.69, 9.17) is 4.42 Å². The van der Waals surface area contributed by atoms with E-state index in [1.165, 1.54) is 16.4 Å². The fourth-order valence-electron chi connectivity index (χ4n) is 2.88. The molecule has 2 aromatic rings. The van der Waals surface area contributed by atoms with Gasteiger partial charge in [0.2, 0.25) is 10.0 Å². The number of carbonyl (C=O) groups is 1. The fraction of sp³-hybridized carbons (Fsp3) is 0.389. The summed E-state index contributed by atoms with van der Waals surface area (Å²) in [5.41, 5.74) is 0.457. The first kappa shape index (κ1) is 17.7. The van der Waals surface area contributed by atoms with Crippen molar-refractivity contribution in [1.82, 2.24) is 9.62 Å². The Morgan fingerprint density at radius 2 is 1.84 bits per heavy atom. The Morgan fingerprint density at radius 3 is 2.48 bits per heavy atom. The summed E-state index contributed by atoms with van der Waals surface area (Å²) < 4.78 is 31.6. The molecular formula is C18H22N2O4S. The van der Waals surface area contributed by atoms with Gasteiger partial charge in [0.15, 0.2) is 0 Å². The molecule has 0 atom stereocenters. The van der Waals surface area contributed by atoms with E-state index in [1.807, 2.05) is 12.1 Å². The van der Waals surface area contributed by atoms with Gasteiger partial charge in [0.1, 0.15) is 5.76 Å². The molecule has 1 saturated heterocycles. The van der Waals surface area contributed by atoms with E-state index in [0.29, 0.717) is 25.2 Å². The van der Waals surface area contributed by atoms with Crippen LogP contribution in [0.3, 0.4) is 0 Å². The average molecular weight is 362 g/mol. The molecule has 1 aliphatic heterocycles. The molecule has 0 aliphatic carbocycles. The summed E-state index contributed by atoms with van der Waals surface area (Å²) in [7, 11) is -3.44. The summed E-state index contributed by atoms with van der Waals surface area (Å²) in [6.45, 7) is 1.67. The second-order valence-corrected chi connectivity index (χ2v) is 8.01. The van der Waals surface area contributed by atoms with E-state index in [1.54, 1.807) is 18.4 Å². The van der Waals surface area contributed by atoms with E-state index in [0.717, 1.165) is 31.4 Å². The number of nitrogens with zero attached hydrogens (tertiary/aromatic N) is 1. The number of hydrogen-bond donors (Lipinski definition) is 1. The zero-order valence-electron chi connectivity index (χ0n) is 14.0. The minimum atomic E-state index is -3.44. The van der Waals surface area contributed by atoms with E-state index >= 15 is 0 Å². The SMILES string of the molecule is O=C(NCCCc1ccco1)c1ccc(S(=O)(=O)N2CCCC2)cc1. The van der Waals surface area contributed by atoms with Gasteiger partial charge in [-0.25, -0.2) is 8.42 Å². The van der Waals surface area contributed by atoms with Crippen LogP contribution in [-0.4, -0.2) is 38.3 Å². The topological polar surface area (TPSA) is 79.6 Å². The van der Waals surface area contributed by atoms with E-state index in [9.17, 15) is 13.2 Å². The molecule has 0 bridgehead atoms. The van der Waals surface area contributed by atoms with Gasteiger partial charge in [-0.15, -0.1) is 0 Å². The molecule has 0 radical (unpaired) electrons. The van der Waals surface area contributed by atoms with Crippen molar-refractivity contribution >= 4 is 15.9 Å². The molecule has 1 aliphatic rings. The molecule has 0 unspecified atom stereocenters. The van der Waals surface area contributed by atoms with Gasteiger partial charge in [0.05, 0.1) is 11.2 Å². The Balaban J connectivity index is 1.53. The maximum Gasteiger partial charge on any atom is 0.251 e. The van der Waals surface area contributed by atoms with E-state index < -0.39 is 10.0 Å². The second kappa shape index (κ2) is 7.84. The van der Waals surface area contributed by atoms with Gasteiger partial charge in [-0.1, -0.05) is 0 Å². The highest BCUT2D eigenvalue weighted by atomic mass is 32.2. The summed E-state index contributed by atoms with van der Waals surface area (Å²) in [5.74, 6) is 0.690. The molecule has 0 spiro atoms. The van der Waals surface area contributed by atoms with Gasteiger partial charge < -0.3 is 9.73 Å². The minimum absolute atomic E-state index is 0.204. The number of nitrogens with one attached hydrogen (secondary N) is 1. The van der Waals surface area contributed by atoms with Crippen LogP contribution >= 0.6 is 0 Å². The van der Waals surface area contributed by atoms with Gasteiger partial charge in [-0.05, 0) is 55.7 Å². The maximum atomic E-state index is 12.5. The van der Waals surface area contributed by atoms with Crippen molar-refractivity contribution in [2.75, 3.05) is 19.6 Å². The lowest BCUT2D eigenvalue weighted by Crippen LogP contribution is -2.28. The lowest BCUT2D eigenvalue weighted by Gasteiger charge is -2.15. The van der Waals surface area contributed by atoms with Gasteiger partial charge in [0.25, 0.3) is 5.91 Å². The van der Waals surface area contributed by atoms with Gasteiger partial charge in [-0.3, -0.25) is 4.79 Å². The van der Waals surface area contributed by atoms with Crippen LogP contribution in [0.5, 0.6) is 0 Å². The monoisotopic (exact) mass is 362 g/mol. The molecule has 25 heavy (non-hydrogen) atoms. The summed E-state index contributed by atoms with van der Waals surface area (Å²) in [4.78, 5) is 12.4. The fourth-order valence-corrected chi connectivity index (χ4v) is 4.39. The maximum absolute atomic E-state index is 12.5. The minimum Gasteiger partial charge on any atom is -0.469 e. The lowest BCUT2D eigenvalue weighted by atomic mass is 10.2. The normalized spacial score (nSPS) is 15.4. The van der Waals surface area contributed by atoms with Crippen molar-refractivity contribution in [3.8, 4) is 0 Å². The Hall–Kier alpha value is -2.12. The first-order valence-electron chi connectivity index (χ1n) is 8.48. The Morgan fingerprint density at radius 1 is 1.12 bits per heavy atom. The van der Waals surface area contributed by atoms with Gasteiger partial charge in [0, 0.05) is 31.6 Å². The van der Waals surface area contributed by atoms with Crippen LogP contribution in [0.1, 0.15) is 35.4 Å². The zero-order valence-corrected chi connectivity index (χ0v) is 14.8. The second-order valence-electron chi connectivity index (χ2n) is 6.07. The lowest BCUT2D eigenvalue weighted by molar-refractivity contribution is 0.0953. The third kappa shape index (κ3) is 4.29. The molecule has 3 rings (SSSR count). The highest BCUT2D eigenvalue weighted by Gasteiger charge is 2.27. The number of rotatable bonds is 7. The van der Waals surface area contributed by atoms with Crippen LogP contribution in [0, 0.1) is 0 Å². The molecule has 1 N–H and O–H groups in total. The summed E-state index contributed by atoms with van der Waals surface area (Å²) in [5, 5.41) is 2.83. The molecule has 1 fully saturated rings. The molecule has 0 saturated carbocycles. The van der Waals surface area contributed by atoms with Crippen molar-refractivity contribution in [2.45, 2.75) is 30.6 Å². The number of carbonyl (C=O) groups excluding carboxylic acids is 1. The van der Waals surface area contributed by atoms with Crippen LogP contribution in [0.25, 0.3) is 0 Å². The molecule has 1 amide bonds. The average Bonchev–Trinajstić information content (AvgIpc) is 3.32. The van der Waals surface area contributed by atoms with Crippen molar-refractivity contribution in [3.63, 3.8) is 0 Å². The van der Waals surface area contributed by atoms with Crippen LogP contribution in [0.2, 0.25) is 0 Å².